The molecule has 1 heterocycles. The molecular formula is C24H24N2O2S2. The van der Waals surface area contributed by atoms with Crippen molar-refractivity contribution >= 4 is 51.9 Å². The van der Waals surface area contributed by atoms with Gasteiger partial charge >= 0.3 is 0 Å². The molecular weight excluding hydrogens is 412 g/mol. The summed E-state index contributed by atoms with van der Waals surface area (Å²) in [7, 11) is 0. The largest absolute Gasteiger partial charge is 0.326 e. The van der Waals surface area contributed by atoms with Gasteiger partial charge in [-0.05, 0) is 55.2 Å². The lowest BCUT2D eigenvalue weighted by molar-refractivity contribution is -0.122. The van der Waals surface area contributed by atoms with E-state index in [2.05, 4.69) is 5.32 Å². The fourth-order valence-corrected chi connectivity index (χ4v) is 4.22. The third-order valence-corrected chi connectivity index (χ3v) is 6.18. The molecule has 1 saturated heterocycles. The highest BCUT2D eigenvalue weighted by Crippen LogP contribution is 2.31. The molecule has 0 spiro atoms. The van der Waals surface area contributed by atoms with E-state index in [9.17, 15) is 9.59 Å². The highest BCUT2D eigenvalue weighted by Gasteiger charge is 2.31. The third-order valence-electron chi connectivity index (χ3n) is 4.79. The molecule has 30 heavy (non-hydrogen) atoms. The summed E-state index contributed by atoms with van der Waals surface area (Å²) in [5.74, 6) is -0.165. The number of thioether (sulfide) groups is 1. The van der Waals surface area contributed by atoms with Crippen LogP contribution < -0.4 is 5.32 Å². The zero-order chi connectivity index (χ0) is 21.5. The normalized spacial score (nSPS) is 15.4. The van der Waals surface area contributed by atoms with Crippen LogP contribution in [0.5, 0.6) is 0 Å². The third kappa shape index (κ3) is 5.90. The minimum absolute atomic E-state index is 0.0648. The van der Waals surface area contributed by atoms with Crippen LogP contribution >= 0.6 is 24.0 Å². The number of thiocarbonyl (C=S) groups is 1. The van der Waals surface area contributed by atoms with Crippen LogP contribution in [0.15, 0.2) is 65.6 Å². The van der Waals surface area contributed by atoms with Crippen LogP contribution in [0.2, 0.25) is 0 Å². The molecule has 1 aliphatic rings. The van der Waals surface area contributed by atoms with E-state index < -0.39 is 0 Å². The molecule has 1 fully saturated rings. The van der Waals surface area contributed by atoms with E-state index in [1.807, 2.05) is 74.5 Å². The second-order valence-corrected chi connectivity index (χ2v) is 8.75. The standard InChI is InChI=1S/C24H24N2O2S2/c1-17-13-14-20(16-18(17)2)25-22(27)12-7-15-26-23(28)21(30-24(26)29)11-6-10-19-8-4-3-5-9-19/h3-6,8-11,13-14,16H,7,12,15H2,1-2H3,(H,25,27)/b10-6+,21-11-. The van der Waals surface area contributed by atoms with Gasteiger partial charge < -0.3 is 5.32 Å². The van der Waals surface area contributed by atoms with E-state index in [0.29, 0.717) is 28.6 Å². The first-order valence-electron chi connectivity index (χ1n) is 9.78. The topological polar surface area (TPSA) is 49.4 Å². The fourth-order valence-electron chi connectivity index (χ4n) is 2.96. The molecule has 3 rings (SSSR count). The van der Waals surface area contributed by atoms with E-state index in [1.165, 1.54) is 17.3 Å². The van der Waals surface area contributed by atoms with Crippen LogP contribution in [0.3, 0.4) is 0 Å². The number of nitrogens with zero attached hydrogens (tertiary/aromatic N) is 1. The monoisotopic (exact) mass is 436 g/mol. The van der Waals surface area contributed by atoms with Crippen LogP contribution in [0, 0.1) is 13.8 Å². The van der Waals surface area contributed by atoms with Gasteiger partial charge in [0.1, 0.15) is 4.32 Å². The molecule has 154 valence electrons. The van der Waals surface area contributed by atoms with Gasteiger partial charge in [-0.2, -0.15) is 0 Å². The van der Waals surface area contributed by atoms with Gasteiger partial charge in [0.05, 0.1) is 4.91 Å². The van der Waals surface area contributed by atoms with Crippen molar-refractivity contribution in [1.82, 2.24) is 4.90 Å². The van der Waals surface area contributed by atoms with Crippen molar-refractivity contribution in [3.63, 3.8) is 0 Å². The van der Waals surface area contributed by atoms with E-state index in [4.69, 9.17) is 12.2 Å². The summed E-state index contributed by atoms with van der Waals surface area (Å²) in [5, 5.41) is 2.91. The van der Waals surface area contributed by atoms with Crippen molar-refractivity contribution in [1.29, 1.82) is 0 Å². The Morgan fingerprint density at radius 1 is 1.13 bits per heavy atom. The second-order valence-electron chi connectivity index (χ2n) is 7.08. The Hall–Kier alpha value is -2.70. The number of carbonyl (C=O) groups is 2. The Morgan fingerprint density at radius 2 is 1.90 bits per heavy atom. The lowest BCUT2D eigenvalue weighted by Crippen LogP contribution is -2.29. The second kappa shape index (κ2) is 10.4. The number of allylic oxidation sites excluding steroid dienone is 2. The van der Waals surface area contributed by atoms with Gasteiger partial charge in [-0.3, -0.25) is 14.5 Å². The minimum Gasteiger partial charge on any atom is -0.326 e. The number of hydrogen-bond acceptors (Lipinski definition) is 4. The molecule has 2 amide bonds. The first-order chi connectivity index (χ1) is 14.4. The van der Waals surface area contributed by atoms with Crippen molar-refractivity contribution in [3.05, 3.63) is 82.3 Å². The van der Waals surface area contributed by atoms with Gasteiger partial charge in [0.25, 0.3) is 5.91 Å². The van der Waals surface area contributed by atoms with Gasteiger partial charge in [0.2, 0.25) is 5.91 Å². The number of aryl methyl sites for hydroxylation is 2. The van der Waals surface area contributed by atoms with E-state index >= 15 is 0 Å². The summed E-state index contributed by atoms with van der Waals surface area (Å²) >= 11 is 6.65. The van der Waals surface area contributed by atoms with Gasteiger partial charge in [0.15, 0.2) is 0 Å². The summed E-state index contributed by atoms with van der Waals surface area (Å²) in [5.41, 5.74) is 4.19. The minimum atomic E-state index is -0.0997. The van der Waals surface area contributed by atoms with E-state index in [0.717, 1.165) is 16.8 Å². The average molecular weight is 437 g/mol. The molecule has 1 N–H and O–H groups in total. The smallest absolute Gasteiger partial charge is 0.266 e. The average Bonchev–Trinajstić information content (AvgIpc) is 2.99. The number of anilines is 1. The number of hydrogen-bond donors (Lipinski definition) is 1. The van der Waals surface area contributed by atoms with Crippen molar-refractivity contribution in [2.24, 2.45) is 0 Å². The zero-order valence-electron chi connectivity index (χ0n) is 17.1. The first kappa shape index (κ1) is 22.0. The lowest BCUT2D eigenvalue weighted by Gasteiger charge is -2.14. The molecule has 1 aliphatic heterocycles. The number of nitrogens with one attached hydrogen (secondary N) is 1. The summed E-state index contributed by atoms with van der Waals surface area (Å²) in [6, 6.07) is 15.7. The van der Waals surface area contributed by atoms with Crippen LogP contribution in [0.1, 0.15) is 29.5 Å². The van der Waals surface area contributed by atoms with Crippen molar-refractivity contribution in [2.45, 2.75) is 26.7 Å². The molecule has 0 saturated carbocycles. The maximum Gasteiger partial charge on any atom is 0.266 e. The fraction of sp³-hybridized carbons (Fsp3) is 0.208. The molecule has 0 atom stereocenters. The van der Waals surface area contributed by atoms with Crippen LogP contribution in [-0.4, -0.2) is 27.6 Å². The predicted molar refractivity (Wildman–Crippen MR) is 129 cm³/mol. The number of rotatable bonds is 7. The first-order valence-corrected chi connectivity index (χ1v) is 11.0. The zero-order valence-corrected chi connectivity index (χ0v) is 18.7. The summed E-state index contributed by atoms with van der Waals surface area (Å²) in [6.07, 6.45) is 6.48. The molecule has 0 bridgehead atoms. The van der Waals surface area contributed by atoms with Crippen LogP contribution in [0.4, 0.5) is 5.69 Å². The van der Waals surface area contributed by atoms with Crippen molar-refractivity contribution in [2.75, 3.05) is 11.9 Å². The number of benzene rings is 2. The quantitative estimate of drug-likeness (QED) is 0.461. The molecule has 0 unspecified atom stereocenters. The summed E-state index contributed by atoms with van der Waals surface area (Å²) in [6.45, 7) is 4.49. The van der Waals surface area contributed by atoms with Crippen LogP contribution in [0.25, 0.3) is 6.08 Å². The summed E-state index contributed by atoms with van der Waals surface area (Å²) < 4.78 is 0.536. The number of amides is 2. The van der Waals surface area contributed by atoms with Gasteiger partial charge in [0, 0.05) is 18.7 Å². The molecule has 0 aromatic heterocycles. The molecule has 0 aliphatic carbocycles. The Bertz CT molecular complexity index is 1010. The Labute approximate surface area is 187 Å². The predicted octanol–water partition coefficient (Wildman–Crippen LogP) is 5.48. The van der Waals surface area contributed by atoms with Crippen molar-refractivity contribution in [3.8, 4) is 0 Å². The highest BCUT2D eigenvalue weighted by molar-refractivity contribution is 8.26. The van der Waals surface area contributed by atoms with Crippen LogP contribution in [-0.2, 0) is 9.59 Å². The van der Waals surface area contributed by atoms with Gasteiger partial charge in [-0.25, -0.2) is 0 Å². The van der Waals surface area contributed by atoms with Gasteiger partial charge in [-0.15, -0.1) is 0 Å². The Morgan fingerprint density at radius 3 is 2.63 bits per heavy atom. The molecule has 6 heteroatoms. The van der Waals surface area contributed by atoms with Crippen molar-refractivity contribution < 1.29 is 9.59 Å². The lowest BCUT2D eigenvalue weighted by atomic mass is 10.1. The molecule has 2 aromatic carbocycles. The highest BCUT2D eigenvalue weighted by atomic mass is 32.2. The Balaban J connectivity index is 1.49. The Kier molecular flexibility index (Phi) is 7.60. The van der Waals surface area contributed by atoms with E-state index in [-0.39, 0.29) is 11.8 Å². The summed E-state index contributed by atoms with van der Waals surface area (Å²) in [4.78, 5) is 27.0. The molecule has 0 radical (unpaired) electrons. The maximum atomic E-state index is 12.6. The number of carbonyl (C=O) groups excluding carboxylic acids is 2. The van der Waals surface area contributed by atoms with Gasteiger partial charge in [-0.1, -0.05) is 72.5 Å². The molecule has 2 aromatic rings. The van der Waals surface area contributed by atoms with E-state index in [1.54, 1.807) is 11.0 Å². The maximum absolute atomic E-state index is 12.6. The SMILES string of the molecule is Cc1ccc(NC(=O)CCCN2C(=O)/C(=C/C=C/c3ccccc3)SC2=S)cc1C. The molecule has 4 nitrogen and oxygen atoms in total.